The molecule has 3 nitrogen and oxygen atoms in total. The van der Waals surface area contributed by atoms with Gasteiger partial charge in [-0.15, -0.1) is 0 Å². The molecule has 4 rings (SSSR count). The summed E-state index contributed by atoms with van der Waals surface area (Å²) in [5.41, 5.74) is 4.30. The third kappa shape index (κ3) is 4.21. The number of rotatable bonds is 6. The highest BCUT2D eigenvalue weighted by Crippen LogP contribution is 2.32. The first kappa shape index (κ1) is 17.8. The Kier molecular flexibility index (Phi) is 5.34. The number of hydrogen-bond donors (Lipinski definition) is 1. The maximum absolute atomic E-state index is 9.64. The van der Waals surface area contributed by atoms with Crippen molar-refractivity contribution in [3.8, 4) is 11.5 Å². The van der Waals surface area contributed by atoms with Crippen molar-refractivity contribution in [1.29, 1.82) is 0 Å². The van der Waals surface area contributed by atoms with E-state index in [4.69, 9.17) is 4.74 Å². The van der Waals surface area contributed by atoms with Crippen LogP contribution >= 0.6 is 0 Å². The summed E-state index contributed by atoms with van der Waals surface area (Å²) in [6, 6.07) is 31.5. The lowest BCUT2D eigenvalue weighted by Crippen LogP contribution is -2.05. The summed E-state index contributed by atoms with van der Waals surface area (Å²) in [6.45, 7) is 0.543. The molecule has 1 unspecified atom stereocenters. The van der Waals surface area contributed by atoms with Gasteiger partial charge in [-0.3, -0.25) is 4.98 Å². The van der Waals surface area contributed by atoms with Crippen LogP contribution in [0.5, 0.6) is 11.5 Å². The summed E-state index contributed by atoms with van der Waals surface area (Å²) >= 11 is 0. The van der Waals surface area contributed by atoms with Crippen molar-refractivity contribution in [1.82, 2.24) is 4.98 Å². The Morgan fingerprint density at radius 1 is 0.714 bits per heavy atom. The summed E-state index contributed by atoms with van der Waals surface area (Å²) < 4.78 is 5.91. The zero-order chi connectivity index (χ0) is 19.2. The zero-order valence-electron chi connectivity index (χ0n) is 15.4. The van der Waals surface area contributed by atoms with Crippen molar-refractivity contribution < 1.29 is 9.84 Å². The van der Waals surface area contributed by atoms with Crippen LogP contribution in [-0.2, 0) is 6.61 Å². The molecule has 0 amide bonds. The van der Waals surface area contributed by atoms with Gasteiger partial charge in [-0.25, -0.2) is 0 Å². The molecule has 0 fully saturated rings. The molecule has 0 spiro atoms. The Morgan fingerprint density at radius 2 is 1.36 bits per heavy atom. The van der Waals surface area contributed by atoms with Crippen LogP contribution < -0.4 is 4.74 Å². The second-order valence-electron chi connectivity index (χ2n) is 6.62. The van der Waals surface area contributed by atoms with E-state index in [0.717, 1.165) is 28.1 Å². The molecule has 0 aliphatic rings. The number of aromatic hydroxyl groups is 1. The number of nitrogens with zero attached hydrogens (tertiary/aromatic N) is 1. The van der Waals surface area contributed by atoms with E-state index < -0.39 is 0 Å². The van der Waals surface area contributed by atoms with Crippen LogP contribution in [0.25, 0.3) is 0 Å². The standard InChI is InChI=1S/C25H21NO2/c27-22-13-9-20(10-14-22)25(24-8-4-5-17-26-24)21-11-15-23(16-12-21)28-18-19-6-2-1-3-7-19/h1-17,25,27H,18H2. The predicted molar refractivity (Wildman–Crippen MR) is 111 cm³/mol. The average Bonchev–Trinajstić information content (AvgIpc) is 2.76. The normalized spacial score (nSPS) is 11.7. The van der Waals surface area contributed by atoms with E-state index in [0.29, 0.717) is 6.61 Å². The first-order valence-electron chi connectivity index (χ1n) is 9.26. The Labute approximate surface area is 164 Å². The van der Waals surface area contributed by atoms with Crippen LogP contribution in [0.2, 0.25) is 0 Å². The second kappa shape index (κ2) is 8.40. The molecule has 1 heterocycles. The van der Waals surface area contributed by atoms with Crippen LogP contribution in [0.1, 0.15) is 28.3 Å². The summed E-state index contributed by atoms with van der Waals surface area (Å²) in [7, 11) is 0. The van der Waals surface area contributed by atoms with Crippen LogP contribution in [0.15, 0.2) is 103 Å². The smallest absolute Gasteiger partial charge is 0.119 e. The quantitative estimate of drug-likeness (QED) is 0.486. The van der Waals surface area contributed by atoms with E-state index in [9.17, 15) is 5.11 Å². The van der Waals surface area contributed by atoms with Crippen LogP contribution in [-0.4, -0.2) is 10.1 Å². The third-order valence-electron chi connectivity index (χ3n) is 4.67. The molecule has 0 bridgehead atoms. The molecule has 1 N–H and O–H groups in total. The topological polar surface area (TPSA) is 42.4 Å². The minimum atomic E-state index is -0.00928. The molecule has 138 valence electrons. The first-order chi connectivity index (χ1) is 13.8. The number of aromatic nitrogens is 1. The number of hydrogen-bond acceptors (Lipinski definition) is 3. The molecule has 1 atom stereocenters. The van der Waals surface area contributed by atoms with Gasteiger partial charge < -0.3 is 9.84 Å². The van der Waals surface area contributed by atoms with E-state index in [1.54, 1.807) is 18.3 Å². The molecule has 3 aromatic carbocycles. The van der Waals surface area contributed by atoms with Crippen molar-refractivity contribution in [2.24, 2.45) is 0 Å². The molecule has 4 aromatic rings. The Morgan fingerprint density at radius 3 is 2.00 bits per heavy atom. The van der Waals surface area contributed by atoms with Gasteiger partial charge in [0.2, 0.25) is 0 Å². The lowest BCUT2D eigenvalue weighted by molar-refractivity contribution is 0.306. The Balaban J connectivity index is 1.59. The second-order valence-corrected chi connectivity index (χ2v) is 6.62. The number of ether oxygens (including phenoxy) is 1. The maximum Gasteiger partial charge on any atom is 0.119 e. The van der Waals surface area contributed by atoms with Gasteiger partial charge in [-0.05, 0) is 53.1 Å². The average molecular weight is 367 g/mol. The number of phenolic OH excluding ortho intramolecular Hbond substituents is 1. The summed E-state index contributed by atoms with van der Waals surface area (Å²) in [6.07, 6.45) is 1.81. The third-order valence-corrected chi connectivity index (χ3v) is 4.67. The van der Waals surface area contributed by atoms with Gasteiger partial charge in [-0.1, -0.05) is 60.7 Å². The molecular weight excluding hydrogens is 346 g/mol. The molecule has 1 aromatic heterocycles. The number of benzene rings is 3. The van der Waals surface area contributed by atoms with Crippen molar-refractivity contribution in [2.45, 2.75) is 12.5 Å². The fraction of sp³-hybridized carbons (Fsp3) is 0.0800. The lowest BCUT2D eigenvalue weighted by Gasteiger charge is -2.18. The van der Waals surface area contributed by atoms with Crippen molar-refractivity contribution in [3.05, 3.63) is 126 Å². The first-order valence-corrected chi connectivity index (χ1v) is 9.26. The molecular formula is C25H21NO2. The predicted octanol–water partition coefficient (Wildman–Crippen LogP) is 5.55. The Hall–Kier alpha value is -3.59. The minimum absolute atomic E-state index is 0.00928. The molecule has 0 saturated carbocycles. The number of phenols is 1. The van der Waals surface area contributed by atoms with Crippen LogP contribution in [0.3, 0.4) is 0 Å². The van der Waals surface area contributed by atoms with E-state index in [2.05, 4.69) is 29.2 Å². The summed E-state index contributed by atoms with van der Waals surface area (Å²) in [5, 5.41) is 9.64. The van der Waals surface area contributed by atoms with Gasteiger partial charge in [0.1, 0.15) is 18.1 Å². The maximum atomic E-state index is 9.64. The van der Waals surface area contributed by atoms with E-state index in [1.165, 1.54) is 0 Å². The molecule has 0 saturated heterocycles. The van der Waals surface area contributed by atoms with Crippen molar-refractivity contribution in [3.63, 3.8) is 0 Å². The monoisotopic (exact) mass is 367 g/mol. The van der Waals surface area contributed by atoms with Gasteiger partial charge >= 0.3 is 0 Å². The number of pyridine rings is 1. The highest BCUT2D eigenvalue weighted by molar-refractivity contribution is 5.43. The fourth-order valence-corrected chi connectivity index (χ4v) is 3.24. The Bertz CT molecular complexity index is 998. The fourth-order valence-electron chi connectivity index (χ4n) is 3.24. The SMILES string of the molecule is Oc1ccc(C(c2ccc(OCc3ccccc3)cc2)c2ccccn2)cc1. The van der Waals surface area contributed by atoms with E-state index in [1.807, 2.05) is 60.7 Å². The van der Waals surface area contributed by atoms with Gasteiger partial charge in [-0.2, -0.15) is 0 Å². The molecule has 0 aliphatic carbocycles. The van der Waals surface area contributed by atoms with Gasteiger partial charge in [0.05, 0.1) is 11.6 Å². The largest absolute Gasteiger partial charge is 0.508 e. The molecule has 28 heavy (non-hydrogen) atoms. The zero-order valence-corrected chi connectivity index (χ0v) is 15.4. The van der Waals surface area contributed by atoms with Crippen LogP contribution in [0.4, 0.5) is 0 Å². The van der Waals surface area contributed by atoms with Gasteiger partial charge in [0.25, 0.3) is 0 Å². The minimum Gasteiger partial charge on any atom is -0.508 e. The van der Waals surface area contributed by atoms with Gasteiger partial charge in [0.15, 0.2) is 0 Å². The van der Waals surface area contributed by atoms with E-state index in [-0.39, 0.29) is 11.7 Å². The van der Waals surface area contributed by atoms with E-state index >= 15 is 0 Å². The summed E-state index contributed by atoms with van der Waals surface area (Å²) in [4.78, 5) is 4.56. The van der Waals surface area contributed by atoms with Gasteiger partial charge in [0, 0.05) is 6.20 Å². The molecule has 0 radical (unpaired) electrons. The highest BCUT2D eigenvalue weighted by atomic mass is 16.5. The molecule has 3 heteroatoms. The van der Waals surface area contributed by atoms with Crippen molar-refractivity contribution >= 4 is 0 Å². The lowest BCUT2D eigenvalue weighted by atomic mass is 9.88. The molecule has 0 aliphatic heterocycles. The van der Waals surface area contributed by atoms with Crippen LogP contribution in [0, 0.1) is 0 Å². The highest BCUT2D eigenvalue weighted by Gasteiger charge is 2.18. The van der Waals surface area contributed by atoms with Crippen molar-refractivity contribution in [2.75, 3.05) is 0 Å². The summed E-state index contributed by atoms with van der Waals surface area (Å²) in [5.74, 6) is 1.08.